The zero-order valence-corrected chi connectivity index (χ0v) is 16.1. The van der Waals surface area contributed by atoms with Crippen molar-refractivity contribution in [3.63, 3.8) is 0 Å². The Morgan fingerprint density at radius 1 is 0.897 bits per heavy atom. The van der Waals surface area contributed by atoms with Crippen LogP contribution in [0.25, 0.3) is 11.1 Å². The molecule has 3 rings (SSSR count). The summed E-state index contributed by atoms with van der Waals surface area (Å²) in [4.78, 5) is 35.8. The van der Waals surface area contributed by atoms with Crippen LogP contribution in [0.5, 0.6) is 0 Å². The van der Waals surface area contributed by atoms with Crippen LogP contribution >= 0.6 is 0 Å². The number of carbonyl (C=O) groups excluding carboxylic acids is 1. The number of hydrogen-bond donors (Lipinski definition) is 3. The van der Waals surface area contributed by atoms with E-state index in [9.17, 15) is 24.6 Å². The second kappa shape index (κ2) is 8.90. The largest absolute Gasteiger partial charge is 0.481 e. The fourth-order valence-corrected chi connectivity index (χ4v) is 4.04. The molecule has 3 N–H and O–H groups in total. The molecule has 0 heterocycles. The number of rotatable bonds is 8. The Labute approximate surface area is 169 Å². The highest BCUT2D eigenvalue weighted by atomic mass is 16.4. The highest BCUT2D eigenvalue weighted by Crippen LogP contribution is 2.41. The van der Waals surface area contributed by atoms with E-state index in [1.165, 1.54) is 0 Å². The molecule has 0 unspecified atom stereocenters. The molecule has 152 valence electrons. The molecule has 1 atom stereocenters. The predicted octanol–water partition coefficient (Wildman–Crippen LogP) is 3.50. The average Bonchev–Trinajstić information content (AvgIpc) is 3.17. The van der Waals surface area contributed by atoms with Gasteiger partial charge in [-0.25, -0.2) is 4.79 Å². The summed E-state index contributed by atoms with van der Waals surface area (Å²) in [5.74, 6) is -2.63. The zero-order chi connectivity index (χ0) is 20.9. The minimum Gasteiger partial charge on any atom is -0.481 e. The van der Waals surface area contributed by atoms with Crippen molar-refractivity contribution in [1.29, 1.82) is 0 Å². The third-order valence-electron chi connectivity index (χ3n) is 5.64. The van der Waals surface area contributed by atoms with Crippen LogP contribution in [0.2, 0.25) is 0 Å². The van der Waals surface area contributed by atoms with Crippen molar-refractivity contribution >= 4 is 17.8 Å². The van der Waals surface area contributed by atoms with Crippen LogP contribution < -0.4 is 5.32 Å². The van der Waals surface area contributed by atoms with E-state index in [2.05, 4.69) is 5.32 Å². The summed E-state index contributed by atoms with van der Waals surface area (Å²) < 4.78 is 0. The molecule has 29 heavy (non-hydrogen) atoms. The van der Waals surface area contributed by atoms with Gasteiger partial charge in [0, 0.05) is 6.42 Å². The first-order chi connectivity index (χ1) is 13.9. The number of carbonyl (C=O) groups is 3. The van der Waals surface area contributed by atoms with Gasteiger partial charge in [-0.05, 0) is 29.5 Å². The molecule has 1 aliphatic carbocycles. The molecule has 0 bridgehead atoms. The van der Waals surface area contributed by atoms with Crippen LogP contribution in [0.15, 0.2) is 54.6 Å². The average molecular weight is 395 g/mol. The monoisotopic (exact) mass is 395 g/mol. The summed E-state index contributed by atoms with van der Waals surface area (Å²) in [5.41, 5.74) is 1.88. The maximum absolute atomic E-state index is 12.8. The van der Waals surface area contributed by atoms with E-state index in [1.807, 2.05) is 54.6 Å². The molecule has 6 heteroatoms. The van der Waals surface area contributed by atoms with E-state index < -0.39 is 29.3 Å². The molecule has 0 saturated heterocycles. The first-order valence-electron chi connectivity index (χ1n) is 9.80. The number of aliphatic carboxylic acids is 2. The summed E-state index contributed by atoms with van der Waals surface area (Å²) in [7, 11) is 0. The highest BCUT2D eigenvalue weighted by Gasteiger charge is 2.44. The van der Waals surface area contributed by atoms with Crippen molar-refractivity contribution in [2.75, 3.05) is 0 Å². The Morgan fingerprint density at radius 3 is 2.03 bits per heavy atom. The lowest BCUT2D eigenvalue weighted by Crippen LogP contribution is -2.49. The molecule has 1 saturated carbocycles. The third-order valence-corrected chi connectivity index (χ3v) is 5.64. The van der Waals surface area contributed by atoms with Crippen LogP contribution in [0.4, 0.5) is 0 Å². The molecule has 6 nitrogen and oxygen atoms in total. The van der Waals surface area contributed by atoms with Crippen LogP contribution in [0.3, 0.4) is 0 Å². The number of carboxylic acids is 2. The minimum atomic E-state index is -1.13. The fourth-order valence-electron chi connectivity index (χ4n) is 4.04. The van der Waals surface area contributed by atoms with Gasteiger partial charge in [0.15, 0.2) is 0 Å². The van der Waals surface area contributed by atoms with Gasteiger partial charge in [0.05, 0.1) is 11.8 Å². The molecule has 0 spiro atoms. The molecule has 1 amide bonds. The van der Waals surface area contributed by atoms with Crippen molar-refractivity contribution in [3.05, 3.63) is 60.2 Å². The number of carboxylic acid groups (broad SMARTS) is 2. The lowest BCUT2D eigenvalue weighted by molar-refractivity contribution is -0.147. The number of hydrogen-bond acceptors (Lipinski definition) is 3. The Morgan fingerprint density at radius 2 is 1.48 bits per heavy atom. The van der Waals surface area contributed by atoms with Crippen molar-refractivity contribution in [1.82, 2.24) is 5.32 Å². The van der Waals surface area contributed by atoms with E-state index in [0.29, 0.717) is 12.8 Å². The van der Waals surface area contributed by atoms with Crippen molar-refractivity contribution in [2.24, 2.45) is 5.41 Å². The molecule has 2 aromatic carbocycles. The quantitative estimate of drug-likeness (QED) is 0.635. The van der Waals surface area contributed by atoms with Crippen LogP contribution in [0.1, 0.15) is 37.7 Å². The van der Waals surface area contributed by atoms with Gasteiger partial charge in [-0.1, -0.05) is 67.4 Å². The molecule has 1 aliphatic rings. The van der Waals surface area contributed by atoms with E-state index in [-0.39, 0.29) is 12.8 Å². The first-order valence-corrected chi connectivity index (χ1v) is 9.80. The zero-order valence-electron chi connectivity index (χ0n) is 16.1. The van der Waals surface area contributed by atoms with E-state index in [1.54, 1.807) is 0 Å². The number of benzene rings is 2. The maximum atomic E-state index is 12.8. The van der Waals surface area contributed by atoms with Gasteiger partial charge < -0.3 is 15.5 Å². The van der Waals surface area contributed by atoms with Crippen LogP contribution in [-0.2, 0) is 20.8 Å². The smallest absolute Gasteiger partial charge is 0.326 e. The molecule has 2 aromatic rings. The predicted molar refractivity (Wildman–Crippen MR) is 108 cm³/mol. The topological polar surface area (TPSA) is 104 Å². The van der Waals surface area contributed by atoms with Crippen LogP contribution in [0, 0.1) is 5.41 Å². The SMILES string of the molecule is O=C(O)CC1(C(=O)N[C@H](Cc2ccc(-c3ccccc3)cc2)C(=O)O)CCCC1. The third kappa shape index (κ3) is 5.02. The van der Waals surface area contributed by atoms with Crippen molar-refractivity contribution in [3.8, 4) is 11.1 Å². The van der Waals surface area contributed by atoms with Gasteiger partial charge in [-0.2, -0.15) is 0 Å². The summed E-state index contributed by atoms with van der Waals surface area (Å²) in [6.07, 6.45) is 2.38. The Balaban J connectivity index is 1.71. The lowest BCUT2D eigenvalue weighted by Gasteiger charge is -2.28. The summed E-state index contributed by atoms with van der Waals surface area (Å²) in [6.45, 7) is 0. The summed E-state index contributed by atoms with van der Waals surface area (Å²) in [6, 6.07) is 16.3. The van der Waals surface area contributed by atoms with Crippen molar-refractivity contribution < 1.29 is 24.6 Å². The van der Waals surface area contributed by atoms with Gasteiger partial charge in [0.1, 0.15) is 6.04 Å². The molecular weight excluding hydrogens is 370 g/mol. The summed E-state index contributed by atoms with van der Waals surface area (Å²) in [5, 5.41) is 21.4. The Hall–Kier alpha value is -3.15. The van der Waals surface area contributed by atoms with Crippen molar-refractivity contribution in [2.45, 2.75) is 44.6 Å². The fraction of sp³-hybridized carbons (Fsp3) is 0.348. The molecular formula is C23H25NO5. The standard InChI is InChI=1S/C23H25NO5/c25-20(26)15-23(12-4-5-13-23)22(29)24-19(21(27)28)14-16-8-10-18(11-9-16)17-6-2-1-3-7-17/h1-3,6-11,19H,4-5,12-15H2,(H,24,29)(H,25,26)(H,27,28)/t19-/m1/s1. The van der Waals surface area contributed by atoms with Crippen LogP contribution in [-0.4, -0.2) is 34.1 Å². The van der Waals surface area contributed by atoms with E-state index in [0.717, 1.165) is 29.5 Å². The number of nitrogens with one attached hydrogen (secondary N) is 1. The first kappa shape index (κ1) is 20.6. The van der Waals surface area contributed by atoms with E-state index >= 15 is 0 Å². The molecule has 0 radical (unpaired) electrons. The van der Waals surface area contributed by atoms with Gasteiger partial charge in [-0.15, -0.1) is 0 Å². The second-order valence-electron chi connectivity index (χ2n) is 7.69. The maximum Gasteiger partial charge on any atom is 0.326 e. The Bertz CT molecular complexity index is 870. The normalized spacial score (nSPS) is 16.1. The van der Waals surface area contributed by atoms with E-state index in [4.69, 9.17) is 0 Å². The lowest BCUT2D eigenvalue weighted by atomic mass is 9.81. The Kier molecular flexibility index (Phi) is 6.32. The van der Waals surface area contributed by atoms with Gasteiger partial charge in [0.2, 0.25) is 5.91 Å². The number of amides is 1. The van der Waals surface area contributed by atoms with Gasteiger partial charge in [0.25, 0.3) is 0 Å². The molecule has 0 aromatic heterocycles. The minimum absolute atomic E-state index is 0.138. The second-order valence-corrected chi connectivity index (χ2v) is 7.69. The summed E-state index contributed by atoms with van der Waals surface area (Å²) >= 11 is 0. The molecule has 1 fully saturated rings. The highest BCUT2D eigenvalue weighted by molar-refractivity contribution is 5.90. The van der Waals surface area contributed by atoms with Gasteiger partial charge in [-0.3, -0.25) is 9.59 Å². The van der Waals surface area contributed by atoms with Gasteiger partial charge >= 0.3 is 11.9 Å². The molecule has 0 aliphatic heterocycles.